The van der Waals surface area contributed by atoms with Gasteiger partial charge in [0.1, 0.15) is 0 Å². The van der Waals surface area contributed by atoms with Crippen LogP contribution in [0.4, 0.5) is 5.13 Å². The van der Waals surface area contributed by atoms with E-state index in [9.17, 15) is 9.59 Å². The molecule has 1 fully saturated rings. The van der Waals surface area contributed by atoms with E-state index in [-0.39, 0.29) is 24.2 Å². The fraction of sp³-hybridized carbons (Fsp3) is 0.312. The number of rotatable bonds is 4. The molecule has 1 aromatic carbocycles. The summed E-state index contributed by atoms with van der Waals surface area (Å²) in [6.07, 6.45) is 1.93. The normalized spacial score (nSPS) is 17.6. The van der Waals surface area contributed by atoms with E-state index in [1.54, 1.807) is 17.2 Å². The van der Waals surface area contributed by atoms with Gasteiger partial charge in [-0.05, 0) is 18.6 Å². The van der Waals surface area contributed by atoms with E-state index in [0.717, 1.165) is 10.4 Å². The van der Waals surface area contributed by atoms with Gasteiger partial charge in [0.25, 0.3) is 0 Å². The van der Waals surface area contributed by atoms with Gasteiger partial charge in [0.05, 0.1) is 5.92 Å². The number of likely N-dealkylation sites (tertiary alicyclic amines) is 1. The molecule has 2 aromatic rings. The first-order valence-electron chi connectivity index (χ1n) is 7.27. The van der Waals surface area contributed by atoms with Crippen LogP contribution in [-0.2, 0) is 16.1 Å². The molecule has 0 aliphatic carbocycles. The molecular weight excluding hydrogens is 334 g/mol. The number of carbonyl (C=O) groups is 2. The lowest BCUT2D eigenvalue weighted by Crippen LogP contribution is -2.28. The second-order valence-corrected chi connectivity index (χ2v) is 7.17. The molecule has 0 bridgehead atoms. The van der Waals surface area contributed by atoms with E-state index in [1.165, 1.54) is 11.3 Å². The average molecular weight is 350 g/mol. The highest BCUT2D eigenvalue weighted by Gasteiger charge is 2.34. The summed E-state index contributed by atoms with van der Waals surface area (Å²) >= 11 is 7.56. The molecule has 1 aliphatic rings. The molecule has 1 atom stereocenters. The number of carbonyl (C=O) groups excluding carboxylic acids is 2. The van der Waals surface area contributed by atoms with Gasteiger partial charge in [0.2, 0.25) is 11.8 Å². The van der Waals surface area contributed by atoms with Crippen molar-refractivity contribution >= 4 is 39.9 Å². The number of aromatic nitrogens is 1. The van der Waals surface area contributed by atoms with Gasteiger partial charge < -0.3 is 10.2 Å². The second kappa shape index (κ2) is 6.68. The van der Waals surface area contributed by atoms with Crippen molar-refractivity contribution in [1.29, 1.82) is 0 Å². The third-order valence-electron chi connectivity index (χ3n) is 3.76. The topological polar surface area (TPSA) is 62.3 Å². The van der Waals surface area contributed by atoms with Crippen molar-refractivity contribution in [2.75, 3.05) is 11.9 Å². The molecule has 0 radical (unpaired) electrons. The largest absolute Gasteiger partial charge is 0.337 e. The molecular formula is C16H16ClN3O2S. The molecule has 0 spiro atoms. The van der Waals surface area contributed by atoms with Crippen LogP contribution in [0.3, 0.4) is 0 Å². The summed E-state index contributed by atoms with van der Waals surface area (Å²) in [6.45, 7) is 2.76. The first kappa shape index (κ1) is 16.0. The number of anilines is 1. The maximum Gasteiger partial charge on any atom is 0.231 e. The third kappa shape index (κ3) is 3.71. The SMILES string of the molecule is Cc1cnc(NC(=O)C2CC(=O)N(Cc3ccccc3Cl)C2)s1. The Morgan fingerprint density at radius 3 is 2.96 bits per heavy atom. The molecule has 5 nitrogen and oxygen atoms in total. The van der Waals surface area contributed by atoms with Gasteiger partial charge in [-0.15, -0.1) is 11.3 Å². The number of hydrogen-bond acceptors (Lipinski definition) is 4. The van der Waals surface area contributed by atoms with Crippen LogP contribution >= 0.6 is 22.9 Å². The minimum Gasteiger partial charge on any atom is -0.337 e. The fourth-order valence-electron chi connectivity index (χ4n) is 2.55. The second-order valence-electron chi connectivity index (χ2n) is 5.53. The number of nitrogens with one attached hydrogen (secondary N) is 1. The maximum atomic E-state index is 12.3. The van der Waals surface area contributed by atoms with Gasteiger partial charge >= 0.3 is 0 Å². The summed E-state index contributed by atoms with van der Waals surface area (Å²) in [7, 11) is 0. The van der Waals surface area contributed by atoms with Gasteiger partial charge in [-0.25, -0.2) is 4.98 Å². The van der Waals surface area contributed by atoms with Gasteiger partial charge in [-0.3, -0.25) is 9.59 Å². The summed E-state index contributed by atoms with van der Waals surface area (Å²) < 4.78 is 0. The van der Waals surface area contributed by atoms with Crippen molar-refractivity contribution in [2.45, 2.75) is 19.9 Å². The number of thiazole rings is 1. The standard InChI is InChI=1S/C16H16ClN3O2S/c1-10-7-18-16(23-10)19-15(22)12-6-14(21)20(9-12)8-11-4-2-3-5-13(11)17/h2-5,7,12H,6,8-9H2,1H3,(H,18,19,22). The number of benzene rings is 1. The smallest absolute Gasteiger partial charge is 0.231 e. The first-order chi connectivity index (χ1) is 11.0. The van der Waals surface area contributed by atoms with E-state index >= 15 is 0 Å². The summed E-state index contributed by atoms with van der Waals surface area (Å²) in [5, 5.41) is 3.99. The molecule has 1 N–H and O–H groups in total. The van der Waals surface area contributed by atoms with Crippen LogP contribution in [0.1, 0.15) is 16.9 Å². The Hall–Kier alpha value is -1.92. The Morgan fingerprint density at radius 2 is 2.26 bits per heavy atom. The number of nitrogens with zero attached hydrogens (tertiary/aromatic N) is 2. The number of halogens is 1. The van der Waals surface area contributed by atoms with E-state index < -0.39 is 0 Å². The van der Waals surface area contributed by atoms with Gasteiger partial charge in [0.15, 0.2) is 5.13 Å². The van der Waals surface area contributed by atoms with Gasteiger partial charge in [-0.2, -0.15) is 0 Å². The number of amides is 2. The molecule has 1 saturated heterocycles. The maximum absolute atomic E-state index is 12.3. The lowest BCUT2D eigenvalue weighted by Gasteiger charge is -2.17. The van der Waals surface area contributed by atoms with Crippen molar-refractivity contribution < 1.29 is 9.59 Å². The van der Waals surface area contributed by atoms with Crippen molar-refractivity contribution in [3.8, 4) is 0 Å². The van der Waals surface area contributed by atoms with Crippen molar-refractivity contribution in [1.82, 2.24) is 9.88 Å². The van der Waals surface area contributed by atoms with Gasteiger partial charge in [-0.1, -0.05) is 29.8 Å². The summed E-state index contributed by atoms with van der Waals surface area (Å²) in [4.78, 5) is 31.3. The van der Waals surface area contributed by atoms with Crippen LogP contribution in [0, 0.1) is 12.8 Å². The van der Waals surface area contributed by atoms with Crippen LogP contribution in [0.15, 0.2) is 30.5 Å². The lowest BCUT2D eigenvalue weighted by atomic mass is 10.1. The average Bonchev–Trinajstić information content (AvgIpc) is 3.08. The quantitative estimate of drug-likeness (QED) is 0.922. The van der Waals surface area contributed by atoms with Crippen LogP contribution in [0.2, 0.25) is 5.02 Å². The van der Waals surface area contributed by atoms with Crippen LogP contribution < -0.4 is 5.32 Å². The van der Waals surface area contributed by atoms with Crippen molar-refractivity contribution in [2.24, 2.45) is 5.92 Å². The highest BCUT2D eigenvalue weighted by Crippen LogP contribution is 2.25. The number of aryl methyl sites for hydroxylation is 1. The molecule has 1 aliphatic heterocycles. The minimum absolute atomic E-state index is 0.0274. The highest BCUT2D eigenvalue weighted by atomic mass is 35.5. The Morgan fingerprint density at radius 1 is 1.48 bits per heavy atom. The van der Waals surface area contributed by atoms with E-state index in [2.05, 4.69) is 10.3 Å². The molecule has 2 heterocycles. The summed E-state index contributed by atoms with van der Waals surface area (Å²) in [5.41, 5.74) is 0.888. The van der Waals surface area contributed by atoms with E-state index in [4.69, 9.17) is 11.6 Å². The molecule has 1 unspecified atom stereocenters. The Kier molecular flexibility index (Phi) is 4.63. The molecule has 7 heteroatoms. The van der Waals surface area contributed by atoms with E-state index in [1.807, 2.05) is 25.1 Å². The van der Waals surface area contributed by atoms with Crippen molar-refractivity contribution in [3.05, 3.63) is 45.9 Å². The predicted molar refractivity (Wildman–Crippen MR) is 90.5 cm³/mol. The third-order valence-corrected chi connectivity index (χ3v) is 4.95. The zero-order chi connectivity index (χ0) is 16.4. The molecule has 0 saturated carbocycles. The Bertz CT molecular complexity index is 746. The molecule has 2 amide bonds. The molecule has 3 rings (SSSR count). The Balaban J connectivity index is 1.63. The van der Waals surface area contributed by atoms with Crippen LogP contribution in [0.5, 0.6) is 0 Å². The first-order valence-corrected chi connectivity index (χ1v) is 8.47. The van der Waals surface area contributed by atoms with Crippen LogP contribution in [0.25, 0.3) is 0 Å². The zero-order valence-electron chi connectivity index (χ0n) is 12.6. The summed E-state index contributed by atoms with van der Waals surface area (Å²) in [5.74, 6) is -0.538. The zero-order valence-corrected chi connectivity index (χ0v) is 14.2. The Labute approximate surface area is 143 Å². The van der Waals surface area contributed by atoms with Crippen molar-refractivity contribution in [3.63, 3.8) is 0 Å². The summed E-state index contributed by atoms with van der Waals surface area (Å²) in [6, 6.07) is 7.43. The molecule has 23 heavy (non-hydrogen) atoms. The van der Waals surface area contributed by atoms with Crippen LogP contribution in [-0.4, -0.2) is 28.2 Å². The fourth-order valence-corrected chi connectivity index (χ4v) is 3.42. The monoisotopic (exact) mass is 349 g/mol. The predicted octanol–water partition coefficient (Wildman–Crippen LogP) is 3.09. The lowest BCUT2D eigenvalue weighted by molar-refractivity contribution is -0.128. The molecule has 1 aromatic heterocycles. The van der Waals surface area contributed by atoms with E-state index in [0.29, 0.717) is 23.2 Å². The van der Waals surface area contributed by atoms with Gasteiger partial charge in [0, 0.05) is 35.6 Å². The number of hydrogen-bond donors (Lipinski definition) is 1. The highest BCUT2D eigenvalue weighted by molar-refractivity contribution is 7.15. The molecule has 120 valence electrons. The minimum atomic E-state index is -0.353.